The number of fused-ring (bicyclic) bond motifs is 6. The van der Waals surface area contributed by atoms with Gasteiger partial charge in [0.1, 0.15) is 5.69 Å². The van der Waals surface area contributed by atoms with E-state index in [2.05, 4.69) is 46.9 Å². The van der Waals surface area contributed by atoms with Crippen LogP contribution in [0.3, 0.4) is 0 Å². The van der Waals surface area contributed by atoms with Crippen molar-refractivity contribution in [1.29, 1.82) is 0 Å². The van der Waals surface area contributed by atoms with Gasteiger partial charge in [-0.15, -0.1) is 0 Å². The first-order valence-corrected chi connectivity index (χ1v) is 10.2. The lowest BCUT2D eigenvalue weighted by atomic mass is 9.91. The van der Waals surface area contributed by atoms with Gasteiger partial charge in [0.15, 0.2) is 0 Å². The predicted molar refractivity (Wildman–Crippen MR) is 107 cm³/mol. The third kappa shape index (κ3) is 3.05. The van der Waals surface area contributed by atoms with Crippen LogP contribution in [-0.4, -0.2) is 15.6 Å². The molecule has 2 bridgehead atoms. The van der Waals surface area contributed by atoms with Crippen molar-refractivity contribution in [3.8, 4) is 0 Å². The van der Waals surface area contributed by atoms with Crippen molar-refractivity contribution in [1.82, 2.24) is 14.9 Å². The molecule has 1 saturated heterocycles. The molecule has 0 spiro atoms. The Bertz CT molecular complexity index is 1070. The number of halogens is 3. The second kappa shape index (κ2) is 6.59. The van der Waals surface area contributed by atoms with Gasteiger partial charge in [-0.05, 0) is 55.5 Å². The summed E-state index contributed by atoms with van der Waals surface area (Å²) in [5, 5.41) is 5.10. The molecule has 2 aliphatic rings. The van der Waals surface area contributed by atoms with Gasteiger partial charge in [-0.25, -0.2) is 0 Å². The summed E-state index contributed by atoms with van der Waals surface area (Å²) >= 11 is 0. The summed E-state index contributed by atoms with van der Waals surface area (Å²) in [6.07, 6.45) is -0.0210. The Kier molecular flexibility index (Phi) is 4.24. The van der Waals surface area contributed by atoms with Crippen LogP contribution in [0.15, 0.2) is 36.5 Å². The number of hydrogen-bond acceptors (Lipinski definition) is 2. The number of nitrogens with zero attached hydrogens (tertiary/aromatic N) is 2. The molecule has 1 fully saturated rings. The van der Waals surface area contributed by atoms with E-state index in [-0.39, 0.29) is 0 Å². The highest BCUT2D eigenvalue weighted by Gasteiger charge is 2.40. The standard InChI is InChI=1S/C23H24F3N3/c1-13-3-7-19-16(11-13)21-18-6-5-17(28-18)14(2)22(21)29(19)10-9-15-4-8-20(27-12-15)23(24,25)26/h3-4,7-8,11-12,14,17-18,28H,5-6,9-10H2,1-2H3. The topological polar surface area (TPSA) is 29.9 Å². The van der Waals surface area contributed by atoms with E-state index in [1.807, 2.05) is 0 Å². The summed E-state index contributed by atoms with van der Waals surface area (Å²) in [6.45, 7) is 5.15. The zero-order chi connectivity index (χ0) is 20.3. The Morgan fingerprint density at radius 3 is 2.72 bits per heavy atom. The smallest absolute Gasteiger partial charge is 0.344 e. The molecule has 0 saturated carbocycles. The van der Waals surface area contributed by atoms with Crippen molar-refractivity contribution in [3.63, 3.8) is 0 Å². The zero-order valence-electron chi connectivity index (χ0n) is 16.6. The van der Waals surface area contributed by atoms with Gasteiger partial charge in [0.25, 0.3) is 0 Å². The molecule has 1 aromatic carbocycles. The number of benzene rings is 1. The van der Waals surface area contributed by atoms with Crippen LogP contribution in [0.25, 0.3) is 10.9 Å². The Balaban J connectivity index is 1.52. The van der Waals surface area contributed by atoms with E-state index in [1.165, 1.54) is 40.3 Å². The molecule has 2 aliphatic heterocycles. The highest BCUT2D eigenvalue weighted by Crippen LogP contribution is 2.47. The van der Waals surface area contributed by atoms with E-state index in [9.17, 15) is 13.2 Å². The number of rotatable bonds is 3. The van der Waals surface area contributed by atoms with Crippen LogP contribution in [0.5, 0.6) is 0 Å². The number of aryl methyl sites for hydroxylation is 3. The van der Waals surface area contributed by atoms with Crippen LogP contribution in [0, 0.1) is 6.92 Å². The molecule has 2 aromatic heterocycles. The highest BCUT2D eigenvalue weighted by molar-refractivity contribution is 5.87. The molecule has 152 valence electrons. The number of hydrogen-bond donors (Lipinski definition) is 1. The van der Waals surface area contributed by atoms with Gasteiger partial charge >= 0.3 is 6.18 Å². The van der Waals surface area contributed by atoms with Gasteiger partial charge in [0.2, 0.25) is 0 Å². The molecule has 4 heterocycles. The van der Waals surface area contributed by atoms with E-state index in [4.69, 9.17) is 0 Å². The van der Waals surface area contributed by atoms with Crippen LogP contribution in [0.1, 0.15) is 59.8 Å². The van der Waals surface area contributed by atoms with Crippen molar-refractivity contribution < 1.29 is 13.2 Å². The minimum absolute atomic E-state index is 0.407. The van der Waals surface area contributed by atoms with Crippen LogP contribution < -0.4 is 5.32 Å². The molecule has 29 heavy (non-hydrogen) atoms. The lowest BCUT2D eigenvalue weighted by Crippen LogP contribution is -2.35. The Morgan fingerprint density at radius 1 is 1.17 bits per heavy atom. The fourth-order valence-electron chi connectivity index (χ4n) is 5.18. The minimum atomic E-state index is -4.40. The summed E-state index contributed by atoms with van der Waals surface area (Å²) in [5.74, 6) is 0.419. The lowest BCUT2D eigenvalue weighted by molar-refractivity contribution is -0.141. The van der Waals surface area contributed by atoms with Crippen LogP contribution in [0.4, 0.5) is 13.2 Å². The number of alkyl halides is 3. The third-order valence-corrected chi connectivity index (χ3v) is 6.60. The van der Waals surface area contributed by atoms with Gasteiger partial charge in [0, 0.05) is 47.3 Å². The average molecular weight is 399 g/mol. The fourth-order valence-corrected chi connectivity index (χ4v) is 5.18. The summed E-state index contributed by atoms with van der Waals surface area (Å²) < 4.78 is 40.7. The molecule has 3 aromatic rings. The van der Waals surface area contributed by atoms with Gasteiger partial charge in [0.05, 0.1) is 0 Å². The average Bonchev–Trinajstić information content (AvgIpc) is 3.25. The van der Waals surface area contributed by atoms with Crippen molar-refractivity contribution in [2.75, 3.05) is 0 Å². The normalized spacial score (nSPS) is 23.6. The fraction of sp³-hybridized carbons (Fsp3) is 0.435. The molecule has 5 rings (SSSR count). The molecule has 3 unspecified atom stereocenters. The quantitative estimate of drug-likeness (QED) is 0.629. The Labute approximate surface area is 167 Å². The lowest BCUT2D eigenvalue weighted by Gasteiger charge is -2.30. The number of pyridine rings is 1. The van der Waals surface area contributed by atoms with Crippen LogP contribution >= 0.6 is 0 Å². The molecule has 1 N–H and O–H groups in total. The van der Waals surface area contributed by atoms with E-state index < -0.39 is 11.9 Å². The maximum atomic E-state index is 12.8. The van der Waals surface area contributed by atoms with Gasteiger partial charge < -0.3 is 9.88 Å². The van der Waals surface area contributed by atoms with Crippen molar-refractivity contribution in [2.45, 2.75) is 63.8 Å². The van der Waals surface area contributed by atoms with Gasteiger partial charge in [-0.3, -0.25) is 4.98 Å². The van der Waals surface area contributed by atoms with E-state index in [0.717, 1.165) is 24.6 Å². The van der Waals surface area contributed by atoms with Crippen LogP contribution in [0.2, 0.25) is 0 Å². The zero-order valence-corrected chi connectivity index (χ0v) is 16.6. The number of aromatic nitrogens is 2. The minimum Gasteiger partial charge on any atom is -0.344 e. The molecule has 0 aliphatic carbocycles. The van der Waals surface area contributed by atoms with Crippen LogP contribution in [-0.2, 0) is 19.1 Å². The van der Waals surface area contributed by atoms with Gasteiger partial charge in [-0.2, -0.15) is 13.2 Å². The van der Waals surface area contributed by atoms with Crippen molar-refractivity contribution >= 4 is 10.9 Å². The summed E-state index contributed by atoms with van der Waals surface area (Å²) in [6, 6.07) is 10.1. The predicted octanol–water partition coefficient (Wildman–Crippen LogP) is 5.52. The summed E-state index contributed by atoms with van der Waals surface area (Å²) in [5.41, 5.74) is 5.29. The Morgan fingerprint density at radius 2 is 2.00 bits per heavy atom. The first-order valence-electron chi connectivity index (χ1n) is 10.2. The first-order chi connectivity index (χ1) is 13.8. The third-order valence-electron chi connectivity index (χ3n) is 6.60. The molecule has 3 atom stereocenters. The molecular weight excluding hydrogens is 375 g/mol. The molecule has 3 nitrogen and oxygen atoms in total. The summed E-state index contributed by atoms with van der Waals surface area (Å²) in [4.78, 5) is 3.62. The molecular formula is C23H24F3N3. The highest BCUT2D eigenvalue weighted by atomic mass is 19.4. The molecule has 0 radical (unpaired) electrons. The summed E-state index contributed by atoms with van der Waals surface area (Å²) in [7, 11) is 0. The van der Waals surface area contributed by atoms with E-state index in [0.29, 0.717) is 24.4 Å². The van der Waals surface area contributed by atoms with Crippen molar-refractivity contribution in [2.24, 2.45) is 0 Å². The first kappa shape index (κ1) is 18.7. The monoisotopic (exact) mass is 399 g/mol. The maximum Gasteiger partial charge on any atom is 0.433 e. The van der Waals surface area contributed by atoms with Gasteiger partial charge in [-0.1, -0.05) is 24.6 Å². The van der Waals surface area contributed by atoms with E-state index in [1.54, 1.807) is 6.07 Å². The largest absolute Gasteiger partial charge is 0.433 e. The second-order valence-electron chi connectivity index (χ2n) is 8.46. The SMILES string of the molecule is Cc1ccc2c(c1)c1c(n2CCc2ccc(C(F)(F)F)nc2)C(C)C2CCC1N2. The Hall–Kier alpha value is -2.34. The second-order valence-corrected chi connectivity index (χ2v) is 8.46. The maximum absolute atomic E-state index is 12.8. The molecule has 6 heteroatoms. The number of nitrogens with one attached hydrogen (secondary N) is 1. The van der Waals surface area contributed by atoms with E-state index >= 15 is 0 Å². The van der Waals surface area contributed by atoms with Crippen molar-refractivity contribution in [3.05, 3.63) is 64.6 Å². The molecule has 0 amide bonds.